The van der Waals surface area contributed by atoms with Crippen molar-refractivity contribution in [2.75, 3.05) is 29.9 Å². The zero-order valence-corrected chi connectivity index (χ0v) is 13.2. The Balaban J connectivity index is 2.08. The summed E-state index contributed by atoms with van der Waals surface area (Å²) in [4.78, 5) is 13.8. The van der Waals surface area contributed by atoms with Crippen LogP contribution in [0.4, 0.5) is 18.9 Å². The van der Waals surface area contributed by atoms with Gasteiger partial charge < -0.3 is 5.32 Å². The smallest absolute Gasteiger partial charge is 0.324 e. The molecule has 1 aliphatic rings. The maximum Gasteiger partial charge on any atom is 0.418 e. The predicted octanol–water partition coefficient (Wildman–Crippen LogP) is 1.76. The van der Waals surface area contributed by atoms with Crippen LogP contribution >= 0.6 is 0 Å². The number of alkyl halides is 3. The van der Waals surface area contributed by atoms with Crippen molar-refractivity contribution in [1.82, 2.24) is 4.90 Å². The molecule has 2 rings (SSSR count). The van der Waals surface area contributed by atoms with E-state index in [1.54, 1.807) is 11.8 Å². The minimum Gasteiger partial charge on any atom is -0.324 e. The number of hydrogen-bond acceptors (Lipinski definition) is 4. The second kappa shape index (κ2) is 6.48. The Bertz CT molecular complexity index is 675. The number of nitrogens with zero attached hydrogens (tertiary/aromatic N) is 1. The molecule has 0 radical (unpaired) electrons. The molecular weight excluding hydrogens is 333 g/mol. The first kappa shape index (κ1) is 17.7. The third-order valence-corrected chi connectivity index (χ3v) is 5.41. The molecule has 1 N–H and O–H groups in total. The molecule has 1 saturated heterocycles. The standard InChI is InChI=1S/C14H17F3N2O3S/c1-10(19-6-8-23(21,22)9-7-19)13(20)18-12-5-3-2-4-11(12)14(15,16)17/h2-5,10H,6-9H2,1H3,(H,18,20). The van der Waals surface area contributed by atoms with E-state index >= 15 is 0 Å². The topological polar surface area (TPSA) is 66.5 Å². The van der Waals surface area contributed by atoms with Gasteiger partial charge in [-0.1, -0.05) is 12.1 Å². The van der Waals surface area contributed by atoms with Crippen molar-refractivity contribution < 1.29 is 26.4 Å². The lowest BCUT2D eigenvalue weighted by Crippen LogP contribution is -2.49. The van der Waals surface area contributed by atoms with Crippen molar-refractivity contribution in [2.24, 2.45) is 0 Å². The molecule has 1 aromatic rings. The number of carbonyl (C=O) groups excluding carboxylic acids is 1. The number of benzene rings is 1. The number of nitrogens with one attached hydrogen (secondary N) is 1. The van der Waals surface area contributed by atoms with Gasteiger partial charge >= 0.3 is 6.18 Å². The molecule has 1 fully saturated rings. The van der Waals surface area contributed by atoms with E-state index in [1.807, 2.05) is 0 Å². The van der Waals surface area contributed by atoms with Gasteiger partial charge in [0, 0.05) is 13.1 Å². The summed E-state index contributed by atoms with van der Waals surface area (Å²) in [7, 11) is -3.08. The van der Waals surface area contributed by atoms with Gasteiger partial charge in [0.2, 0.25) is 5.91 Å². The summed E-state index contributed by atoms with van der Waals surface area (Å²) in [6.45, 7) is 1.93. The van der Waals surface area contributed by atoms with Gasteiger partial charge in [-0.3, -0.25) is 9.69 Å². The second-order valence-corrected chi connectivity index (χ2v) is 7.70. The molecule has 1 amide bonds. The lowest BCUT2D eigenvalue weighted by atomic mass is 10.1. The number of amides is 1. The molecule has 23 heavy (non-hydrogen) atoms. The molecule has 5 nitrogen and oxygen atoms in total. The summed E-state index contributed by atoms with van der Waals surface area (Å²) < 4.78 is 61.5. The van der Waals surface area contributed by atoms with Crippen LogP contribution in [-0.2, 0) is 20.8 Å². The Labute approximate surface area is 132 Å². The molecule has 1 atom stereocenters. The van der Waals surface area contributed by atoms with Crippen LogP contribution in [0.25, 0.3) is 0 Å². The third-order valence-electron chi connectivity index (χ3n) is 3.80. The van der Waals surface area contributed by atoms with Crippen LogP contribution in [0.5, 0.6) is 0 Å². The first-order valence-electron chi connectivity index (χ1n) is 7.02. The van der Waals surface area contributed by atoms with E-state index < -0.39 is 33.5 Å². The van der Waals surface area contributed by atoms with Gasteiger partial charge in [0.25, 0.3) is 0 Å². The average Bonchev–Trinajstić information content (AvgIpc) is 2.46. The first-order chi connectivity index (χ1) is 10.6. The normalized spacial score (nSPS) is 20.0. The molecule has 0 bridgehead atoms. The Morgan fingerprint density at radius 2 is 1.78 bits per heavy atom. The summed E-state index contributed by atoms with van der Waals surface area (Å²) in [5.41, 5.74) is -1.22. The van der Waals surface area contributed by atoms with Crippen molar-refractivity contribution in [1.29, 1.82) is 0 Å². The molecule has 128 valence electrons. The van der Waals surface area contributed by atoms with Gasteiger partial charge in [-0.15, -0.1) is 0 Å². The van der Waals surface area contributed by atoms with Crippen LogP contribution < -0.4 is 5.32 Å². The van der Waals surface area contributed by atoms with Crippen LogP contribution in [0.2, 0.25) is 0 Å². The van der Waals surface area contributed by atoms with E-state index in [1.165, 1.54) is 18.2 Å². The van der Waals surface area contributed by atoms with Crippen LogP contribution in [0, 0.1) is 0 Å². The predicted molar refractivity (Wildman–Crippen MR) is 79.8 cm³/mol. The molecule has 1 aliphatic heterocycles. The zero-order valence-electron chi connectivity index (χ0n) is 12.4. The number of sulfone groups is 1. The van der Waals surface area contributed by atoms with Crippen LogP contribution in [0.15, 0.2) is 24.3 Å². The summed E-state index contributed by atoms with van der Waals surface area (Å²) in [5.74, 6) is -0.700. The average molecular weight is 350 g/mol. The van der Waals surface area contributed by atoms with Crippen LogP contribution in [0.1, 0.15) is 12.5 Å². The van der Waals surface area contributed by atoms with Gasteiger partial charge in [0.1, 0.15) is 0 Å². The van der Waals surface area contributed by atoms with Crippen molar-refractivity contribution in [3.8, 4) is 0 Å². The third kappa shape index (κ3) is 4.44. The summed E-state index contributed by atoms with van der Waals surface area (Å²) >= 11 is 0. The Morgan fingerprint density at radius 3 is 2.35 bits per heavy atom. The maximum absolute atomic E-state index is 12.9. The minimum atomic E-state index is -4.56. The number of carbonyl (C=O) groups is 1. The molecule has 0 saturated carbocycles. The van der Waals surface area contributed by atoms with E-state index in [2.05, 4.69) is 5.32 Å². The molecule has 1 heterocycles. The number of para-hydroxylation sites is 1. The number of hydrogen-bond donors (Lipinski definition) is 1. The number of halogens is 3. The van der Waals surface area contributed by atoms with Crippen LogP contribution in [-0.4, -0.2) is 49.9 Å². The van der Waals surface area contributed by atoms with Crippen molar-refractivity contribution in [3.63, 3.8) is 0 Å². The fourth-order valence-electron chi connectivity index (χ4n) is 2.36. The highest BCUT2D eigenvalue weighted by Crippen LogP contribution is 2.34. The molecule has 1 unspecified atom stereocenters. The van der Waals surface area contributed by atoms with Gasteiger partial charge in [-0.25, -0.2) is 8.42 Å². The van der Waals surface area contributed by atoms with Gasteiger partial charge in [0.15, 0.2) is 9.84 Å². The molecule has 1 aromatic carbocycles. The molecule has 0 spiro atoms. The summed E-state index contributed by atoms with van der Waals surface area (Å²) in [6.07, 6.45) is -4.56. The van der Waals surface area contributed by atoms with Gasteiger partial charge in [0.05, 0.1) is 28.8 Å². The molecule has 9 heteroatoms. The van der Waals surface area contributed by atoms with Gasteiger partial charge in [-0.2, -0.15) is 13.2 Å². The minimum absolute atomic E-state index is 0.0518. The summed E-state index contributed by atoms with van der Waals surface area (Å²) in [6, 6.07) is 4.02. The number of anilines is 1. The fourth-order valence-corrected chi connectivity index (χ4v) is 3.59. The van der Waals surface area contributed by atoms with E-state index in [0.29, 0.717) is 0 Å². The lowest BCUT2D eigenvalue weighted by Gasteiger charge is -2.31. The molecular formula is C14H17F3N2O3S. The highest BCUT2D eigenvalue weighted by molar-refractivity contribution is 7.91. The van der Waals surface area contributed by atoms with Crippen molar-refractivity contribution in [3.05, 3.63) is 29.8 Å². The van der Waals surface area contributed by atoms with E-state index in [-0.39, 0.29) is 30.3 Å². The maximum atomic E-state index is 12.9. The fraction of sp³-hybridized carbons (Fsp3) is 0.500. The Kier molecular flexibility index (Phi) is 5.00. The van der Waals surface area contributed by atoms with E-state index in [0.717, 1.165) is 6.07 Å². The quantitative estimate of drug-likeness (QED) is 0.902. The zero-order chi connectivity index (χ0) is 17.3. The largest absolute Gasteiger partial charge is 0.418 e. The van der Waals surface area contributed by atoms with E-state index in [9.17, 15) is 26.4 Å². The van der Waals surface area contributed by atoms with Crippen molar-refractivity contribution >= 4 is 21.4 Å². The Morgan fingerprint density at radius 1 is 1.22 bits per heavy atom. The SMILES string of the molecule is CC(C(=O)Nc1ccccc1C(F)(F)F)N1CCS(=O)(=O)CC1. The Hall–Kier alpha value is -1.61. The highest BCUT2D eigenvalue weighted by Gasteiger charge is 2.34. The highest BCUT2D eigenvalue weighted by atomic mass is 32.2. The molecule has 0 aromatic heterocycles. The number of rotatable bonds is 3. The summed E-state index contributed by atoms with van der Waals surface area (Å²) in [5, 5.41) is 2.28. The lowest BCUT2D eigenvalue weighted by molar-refractivity contribution is -0.137. The van der Waals surface area contributed by atoms with Crippen LogP contribution in [0.3, 0.4) is 0 Å². The first-order valence-corrected chi connectivity index (χ1v) is 8.84. The van der Waals surface area contributed by atoms with Gasteiger partial charge in [-0.05, 0) is 19.1 Å². The molecule has 0 aliphatic carbocycles. The van der Waals surface area contributed by atoms with Crippen molar-refractivity contribution in [2.45, 2.75) is 19.1 Å². The second-order valence-electron chi connectivity index (χ2n) is 5.40. The van der Waals surface area contributed by atoms with E-state index in [4.69, 9.17) is 0 Å². The monoisotopic (exact) mass is 350 g/mol.